The Balaban J connectivity index is 2.17. The Labute approximate surface area is 128 Å². The van der Waals surface area contributed by atoms with E-state index in [2.05, 4.69) is 50.2 Å². The zero-order valence-corrected chi connectivity index (χ0v) is 14.0. The molecule has 1 heterocycles. The molecule has 20 heavy (non-hydrogen) atoms. The minimum absolute atomic E-state index is 0.0303. The predicted octanol–water partition coefficient (Wildman–Crippen LogP) is 2.80. The number of halogens is 1. The summed E-state index contributed by atoms with van der Waals surface area (Å²) in [5.74, 6) is 0. The van der Waals surface area contributed by atoms with Crippen molar-refractivity contribution < 1.29 is 0 Å². The fourth-order valence-corrected chi connectivity index (χ4v) is 2.75. The van der Waals surface area contributed by atoms with Crippen LogP contribution < -0.4 is 10.6 Å². The fourth-order valence-electron chi connectivity index (χ4n) is 2.25. The smallest absolute Gasteiger partial charge is 0.0738 e. The van der Waals surface area contributed by atoms with E-state index in [4.69, 9.17) is 5.73 Å². The van der Waals surface area contributed by atoms with Gasteiger partial charge in [-0.3, -0.25) is 4.68 Å². The van der Waals surface area contributed by atoms with Gasteiger partial charge in [-0.25, -0.2) is 0 Å². The number of hydrogen-bond donors (Lipinski definition) is 1. The molecule has 108 valence electrons. The lowest BCUT2D eigenvalue weighted by atomic mass is 10.0. The lowest BCUT2D eigenvalue weighted by Crippen LogP contribution is -2.16. The van der Waals surface area contributed by atoms with Crippen molar-refractivity contribution in [3.05, 3.63) is 45.7 Å². The Morgan fingerprint density at radius 2 is 1.90 bits per heavy atom. The van der Waals surface area contributed by atoms with Crippen LogP contribution in [0.2, 0.25) is 0 Å². The van der Waals surface area contributed by atoms with Gasteiger partial charge in [0.1, 0.15) is 0 Å². The Morgan fingerprint density at radius 1 is 1.30 bits per heavy atom. The van der Waals surface area contributed by atoms with Gasteiger partial charge in [-0.05, 0) is 40.5 Å². The second-order valence-corrected chi connectivity index (χ2v) is 6.06. The van der Waals surface area contributed by atoms with Gasteiger partial charge in [0.05, 0.1) is 15.9 Å². The summed E-state index contributed by atoms with van der Waals surface area (Å²) in [6, 6.07) is 8.35. The summed E-state index contributed by atoms with van der Waals surface area (Å²) in [5, 5.41) is 4.40. The van der Waals surface area contributed by atoms with Crippen molar-refractivity contribution in [2.75, 3.05) is 19.0 Å². The Hall–Kier alpha value is -1.33. The molecule has 2 N–H and O–H groups in total. The third kappa shape index (κ3) is 3.04. The van der Waals surface area contributed by atoms with Gasteiger partial charge in [0.15, 0.2) is 0 Å². The van der Waals surface area contributed by atoms with Gasteiger partial charge in [-0.2, -0.15) is 5.10 Å². The van der Waals surface area contributed by atoms with Crippen LogP contribution in [0, 0.1) is 6.92 Å². The van der Waals surface area contributed by atoms with E-state index in [0.717, 1.165) is 27.8 Å². The number of benzene rings is 1. The van der Waals surface area contributed by atoms with Gasteiger partial charge in [-0.1, -0.05) is 12.1 Å². The Bertz CT molecular complexity index is 587. The van der Waals surface area contributed by atoms with Crippen LogP contribution in [0.3, 0.4) is 0 Å². The van der Waals surface area contributed by atoms with E-state index in [1.807, 2.05) is 32.7 Å². The van der Waals surface area contributed by atoms with E-state index in [1.54, 1.807) is 0 Å². The second-order valence-electron chi connectivity index (χ2n) is 5.27. The van der Waals surface area contributed by atoms with Crippen LogP contribution in [0.5, 0.6) is 0 Å². The average molecular weight is 337 g/mol. The topological polar surface area (TPSA) is 47.1 Å². The van der Waals surface area contributed by atoms with E-state index in [9.17, 15) is 0 Å². The molecule has 0 saturated carbocycles. The third-order valence-corrected chi connectivity index (χ3v) is 4.54. The van der Waals surface area contributed by atoms with Crippen LogP contribution >= 0.6 is 15.9 Å². The van der Waals surface area contributed by atoms with E-state index < -0.39 is 0 Å². The molecule has 2 aromatic rings. The first-order chi connectivity index (χ1) is 9.40. The molecule has 1 atom stereocenters. The molecule has 0 aliphatic rings. The van der Waals surface area contributed by atoms with E-state index in [0.29, 0.717) is 0 Å². The van der Waals surface area contributed by atoms with Crippen LogP contribution in [0.15, 0.2) is 28.7 Å². The highest BCUT2D eigenvalue weighted by molar-refractivity contribution is 9.10. The summed E-state index contributed by atoms with van der Waals surface area (Å²) >= 11 is 3.59. The quantitative estimate of drug-likeness (QED) is 0.933. The number of nitrogens with zero attached hydrogens (tertiary/aromatic N) is 3. The second kappa shape index (κ2) is 5.97. The summed E-state index contributed by atoms with van der Waals surface area (Å²) < 4.78 is 2.95. The van der Waals surface area contributed by atoms with Crippen molar-refractivity contribution in [2.24, 2.45) is 12.8 Å². The first-order valence-corrected chi connectivity index (χ1v) is 7.40. The molecule has 1 aromatic heterocycles. The van der Waals surface area contributed by atoms with Gasteiger partial charge in [0.2, 0.25) is 0 Å². The molecule has 0 aliphatic heterocycles. The molecule has 0 aliphatic carbocycles. The summed E-state index contributed by atoms with van der Waals surface area (Å²) in [6.07, 6.45) is 0.763. The maximum Gasteiger partial charge on any atom is 0.0738 e. The molecule has 1 aromatic carbocycles. The van der Waals surface area contributed by atoms with Gasteiger partial charge >= 0.3 is 0 Å². The predicted molar refractivity (Wildman–Crippen MR) is 87.0 cm³/mol. The van der Waals surface area contributed by atoms with E-state index >= 15 is 0 Å². The molecule has 2 rings (SSSR count). The van der Waals surface area contributed by atoms with Crippen molar-refractivity contribution in [1.82, 2.24) is 9.78 Å². The monoisotopic (exact) mass is 336 g/mol. The van der Waals surface area contributed by atoms with E-state index in [-0.39, 0.29) is 6.04 Å². The minimum Gasteiger partial charge on any atom is -0.378 e. The molecule has 5 heteroatoms. The zero-order valence-electron chi connectivity index (χ0n) is 12.4. The largest absolute Gasteiger partial charge is 0.378 e. The summed E-state index contributed by atoms with van der Waals surface area (Å²) in [7, 11) is 6.02. The van der Waals surface area contributed by atoms with E-state index in [1.165, 1.54) is 5.69 Å². The zero-order chi connectivity index (χ0) is 14.9. The number of anilines is 1. The minimum atomic E-state index is -0.0303. The summed E-state index contributed by atoms with van der Waals surface area (Å²) in [4.78, 5) is 2.08. The highest BCUT2D eigenvalue weighted by atomic mass is 79.9. The molecule has 0 saturated heterocycles. The number of aryl methyl sites for hydroxylation is 2. The molecule has 0 amide bonds. The Morgan fingerprint density at radius 3 is 2.35 bits per heavy atom. The van der Waals surface area contributed by atoms with Crippen molar-refractivity contribution in [3.8, 4) is 0 Å². The normalized spacial score (nSPS) is 12.5. The third-order valence-electron chi connectivity index (χ3n) is 3.51. The van der Waals surface area contributed by atoms with Crippen LogP contribution in [-0.2, 0) is 13.5 Å². The van der Waals surface area contributed by atoms with Gasteiger partial charge in [0, 0.05) is 39.3 Å². The average Bonchev–Trinajstić information content (AvgIpc) is 2.65. The Kier molecular flexibility index (Phi) is 4.50. The lowest BCUT2D eigenvalue weighted by molar-refractivity contribution is 0.638. The highest BCUT2D eigenvalue weighted by Gasteiger charge is 2.15. The number of hydrogen-bond acceptors (Lipinski definition) is 3. The number of nitrogens with two attached hydrogens (primary N) is 1. The van der Waals surface area contributed by atoms with Crippen LogP contribution in [-0.4, -0.2) is 23.9 Å². The molecule has 0 spiro atoms. The molecule has 0 bridgehead atoms. The van der Waals surface area contributed by atoms with Gasteiger partial charge < -0.3 is 10.6 Å². The molecular formula is C15H21BrN4. The standard InChI is InChI=1S/C15H21BrN4/c1-10-15(16)14(20(4)18-10)9-13(17)11-5-7-12(8-6-11)19(2)3/h5-8,13H,9,17H2,1-4H3. The maximum absolute atomic E-state index is 6.32. The molecular weight excluding hydrogens is 316 g/mol. The summed E-state index contributed by atoms with van der Waals surface area (Å²) in [6.45, 7) is 1.99. The van der Waals surface area contributed by atoms with Crippen LogP contribution in [0.4, 0.5) is 5.69 Å². The molecule has 4 nitrogen and oxygen atoms in total. The van der Waals surface area contributed by atoms with Crippen molar-refractivity contribution in [3.63, 3.8) is 0 Å². The van der Waals surface area contributed by atoms with Crippen LogP contribution in [0.25, 0.3) is 0 Å². The molecule has 0 radical (unpaired) electrons. The number of rotatable bonds is 4. The van der Waals surface area contributed by atoms with Crippen LogP contribution in [0.1, 0.15) is 23.0 Å². The molecule has 1 unspecified atom stereocenters. The summed E-state index contributed by atoms with van der Waals surface area (Å²) in [5.41, 5.74) is 10.8. The highest BCUT2D eigenvalue weighted by Crippen LogP contribution is 2.25. The van der Waals surface area contributed by atoms with Gasteiger partial charge in [0.25, 0.3) is 0 Å². The first kappa shape index (κ1) is 15.1. The maximum atomic E-state index is 6.32. The fraction of sp³-hybridized carbons (Fsp3) is 0.400. The van der Waals surface area contributed by atoms with Crippen molar-refractivity contribution in [2.45, 2.75) is 19.4 Å². The van der Waals surface area contributed by atoms with Crippen molar-refractivity contribution >= 4 is 21.6 Å². The van der Waals surface area contributed by atoms with Gasteiger partial charge in [-0.15, -0.1) is 0 Å². The van der Waals surface area contributed by atoms with Crippen molar-refractivity contribution in [1.29, 1.82) is 0 Å². The number of aromatic nitrogens is 2. The lowest BCUT2D eigenvalue weighted by Gasteiger charge is -2.16. The first-order valence-electron chi connectivity index (χ1n) is 6.61. The molecule has 0 fully saturated rings. The SMILES string of the molecule is Cc1nn(C)c(CC(N)c2ccc(N(C)C)cc2)c1Br.